The number of piperazine rings is 1. The van der Waals surface area contributed by atoms with Gasteiger partial charge in [0.25, 0.3) is 0 Å². The number of thiazole rings is 1. The third kappa shape index (κ3) is 5.32. The summed E-state index contributed by atoms with van der Waals surface area (Å²) >= 11 is 1.83. The van der Waals surface area contributed by atoms with Crippen LogP contribution in [0, 0.1) is 0 Å². The molecule has 22 heavy (non-hydrogen) atoms. The van der Waals surface area contributed by atoms with Gasteiger partial charge in [0.2, 0.25) is 0 Å². The topological polar surface area (TPSA) is 31.4 Å². The SMILES string of the molecule is CCCc1nc(CN2CCN(C3CCNC3)CC2)cs1.Cl.Cl. The van der Waals surface area contributed by atoms with Gasteiger partial charge in [0.15, 0.2) is 0 Å². The number of hydrogen-bond acceptors (Lipinski definition) is 5. The molecule has 0 aromatic carbocycles. The lowest BCUT2D eigenvalue weighted by Crippen LogP contribution is -2.50. The second-order valence-corrected chi connectivity index (χ2v) is 6.88. The van der Waals surface area contributed by atoms with E-state index in [2.05, 4.69) is 27.4 Å². The summed E-state index contributed by atoms with van der Waals surface area (Å²) in [4.78, 5) is 9.97. The Morgan fingerprint density at radius 1 is 1.27 bits per heavy atom. The summed E-state index contributed by atoms with van der Waals surface area (Å²) in [5, 5.41) is 7.02. The molecular formula is C15H28Cl2N4S. The van der Waals surface area contributed by atoms with E-state index in [0.29, 0.717) is 0 Å². The van der Waals surface area contributed by atoms with E-state index in [1.165, 1.54) is 62.8 Å². The van der Waals surface area contributed by atoms with Crippen LogP contribution in [0.25, 0.3) is 0 Å². The predicted octanol–water partition coefficient (Wildman–Crippen LogP) is 2.42. The van der Waals surface area contributed by atoms with Crippen molar-refractivity contribution in [1.29, 1.82) is 0 Å². The molecule has 0 bridgehead atoms. The van der Waals surface area contributed by atoms with Crippen LogP contribution in [0.4, 0.5) is 0 Å². The molecule has 4 nitrogen and oxygen atoms in total. The van der Waals surface area contributed by atoms with Crippen molar-refractivity contribution in [1.82, 2.24) is 20.1 Å². The molecule has 3 heterocycles. The van der Waals surface area contributed by atoms with E-state index in [1.807, 2.05) is 11.3 Å². The zero-order valence-electron chi connectivity index (χ0n) is 13.3. The number of aromatic nitrogens is 1. The number of rotatable bonds is 5. The number of nitrogens with one attached hydrogen (secondary N) is 1. The van der Waals surface area contributed by atoms with Crippen molar-refractivity contribution < 1.29 is 0 Å². The molecule has 2 saturated heterocycles. The highest BCUT2D eigenvalue weighted by Crippen LogP contribution is 2.16. The number of hydrogen-bond donors (Lipinski definition) is 1. The van der Waals surface area contributed by atoms with E-state index in [-0.39, 0.29) is 24.8 Å². The van der Waals surface area contributed by atoms with Gasteiger partial charge in [-0.15, -0.1) is 36.2 Å². The lowest BCUT2D eigenvalue weighted by atomic mass is 10.2. The van der Waals surface area contributed by atoms with Gasteiger partial charge >= 0.3 is 0 Å². The lowest BCUT2D eigenvalue weighted by molar-refractivity contribution is 0.0974. The summed E-state index contributed by atoms with van der Waals surface area (Å²) in [6, 6.07) is 0.785. The van der Waals surface area contributed by atoms with Crippen LogP contribution in [0.3, 0.4) is 0 Å². The highest BCUT2D eigenvalue weighted by Gasteiger charge is 2.26. The van der Waals surface area contributed by atoms with Crippen molar-refractivity contribution in [2.75, 3.05) is 39.3 Å². The van der Waals surface area contributed by atoms with E-state index in [1.54, 1.807) is 0 Å². The van der Waals surface area contributed by atoms with E-state index >= 15 is 0 Å². The fraction of sp³-hybridized carbons (Fsp3) is 0.800. The smallest absolute Gasteiger partial charge is 0.0928 e. The first-order valence-electron chi connectivity index (χ1n) is 7.95. The van der Waals surface area contributed by atoms with E-state index in [0.717, 1.165) is 19.0 Å². The van der Waals surface area contributed by atoms with Crippen LogP contribution < -0.4 is 5.32 Å². The first-order valence-corrected chi connectivity index (χ1v) is 8.83. The van der Waals surface area contributed by atoms with Crippen molar-refractivity contribution in [3.05, 3.63) is 16.1 Å². The molecule has 1 aromatic rings. The van der Waals surface area contributed by atoms with Gasteiger partial charge in [0.1, 0.15) is 0 Å². The number of nitrogens with zero attached hydrogens (tertiary/aromatic N) is 3. The Morgan fingerprint density at radius 3 is 2.68 bits per heavy atom. The van der Waals surface area contributed by atoms with Crippen LogP contribution >= 0.6 is 36.2 Å². The summed E-state index contributed by atoms with van der Waals surface area (Å²) < 4.78 is 0. The first-order chi connectivity index (χ1) is 9.85. The summed E-state index contributed by atoms with van der Waals surface area (Å²) in [5.74, 6) is 0. The maximum atomic E-state index is 4.74. The molecule has 7 heteroatoms. The summed E-state index contributed by atoms with van der Waals surface area (Å²) in [5.41, 5.74) is 1.27. The second kappa shape index (κ2) is 10.1. The maximum Gasteiger partial charge on any atom is 0.0928 e. The average Bonchev–Trinajstić information content (AvgIpc) is 3.12. The van der Waals surface area contributed by atoms with Crippen molar-refractivity contribution in [3.8, 4) is 0 Å². The Labute approximate surface area is 150 Å². The minimum Gasteiger partial charge on any atom is -0.315 e. The minimum absolute atomic E-state index is 0. The molecule has 0 amide bonds. The molecule has 0 radical (unpaired) electrons. The van der Waals surface area contributed by atoms with Crippen LogP contribution in [0.1, 0.15) is 30.5 Å². The van der Waals surface area contributed by atoms with Crippen LogP contribution in [-0.4, -0.2) is 60.1 Å². The lowest BCUT2D eigenvalue weighted by Gasteiger charge is -2.37. The Bertz CT molecular complexity index is 415. The highest BCUT2D eigenvalue weighted by molar-refractivity contribution is 7.09. The monoisotopic (exact) mass is 366 g/mol. The Morgan fingerprint density at radius 2 is 2.05 bits per heavy atom. The quantitative estimate of drug-likeness (QED) is 0.866. The molecule has 2 aliphatic heterocycles. The van der Waals surface area contributed by atoms with Crippen LogP contribution in [0.2, 0.25) is 0 Å². The fourth-order valence-corrected chi connectivity index (χ4v) is 4.11. The summed E-state index contributed by atoms with van der Waals surface area (Å²) in [7, 11) is 0. The minimum atomic E-state index is 0. The van der Waals surface area contributed by atoms with Gasteiger partial charge in [-0.2, -0.15) is 0 Å². The molecule has 2 fully saturated rings. The van der Waals surface area contributed by atoms with Crippen LogP contribution in [0.15, 0.2) is 5.38 Å². The largest absolute Gasteiger partial charge is 0.315 e. The predicted molar refractivity (Wildman–Crippen MR) is 98.7 cm³/mol. The van der Waals surface area contributed by atoms with Crippen molar-refractivity contribution in [2.45, 2.75) is 38.8 Å². The number of halogens is 2. The van der Waals surface area contributed by atoms with E-state index in [4.69, 9.17) is 4.98 Å². The first kappa shape index (κ1) is 20.1. The normalized spacial score (nSPS) is 23.0. The van der Waals surface area contributed by atoms with Gasteiger partial charge < -0.3 is 5.32 Å². The molecule has 1 atom stereocenters. The van der Waals surface area contributed by atoms with Gasteiger partial charge in [-0.1, -0.05) is 6.92 Å². The second-order valence-electron chi connectivity index (χ2n) is 5.94. The number of aryl methyl sites for hydroxylation is 1. The van der Waals surface area contributed by atoms with Gasteiger partial charge in [-0.05, 0) is 25.8 Å². The molecule has 0 aliphatic carbocycles. The summed E-state index contributed by atoms with van der Waals surface area (Å²) in [6.45, 7) is 10.5. The van der Waals surface area contributed by atoms with Gasteiger partial charge in [-0.3, -0.25) is 9.80 Å². The molecule has 3 rings (SSSR count). The standard InChI is InChI=1S/C15H26N4S.2ClH/c1-2-3-15-17-13(12-20-15)11-18-6-8-19(9-7-18)14-4-5-16-10-14;;/h12,14,16H,2-11H2,1H3;2*1H. The fourth-order valence-electron chi connectivity index (χ4n) is 3.22. The zero-order valence-corrected chi connectivity index (χ0v) is 15.7. The Balaban J connectivity index is 0.00000121. The van der Waals surface area contributed by atoms with Crippen molar-refractivity contribution in [2.24, 2.45) is 0 Å². The molecule has 1 N–H and O–H groups in total. The van der Waals surface area contributed by atoms with E-state index in [9.17, 15) is 0 Å². The molecule has 0 spiro atoms. The molecule has 0 saturated carbocycles. The highest BCUT2D eigenvalue weighted by atomic mass is 35.5. The van der Waals surface area contributed by atoms with Crippen molar-refractivity contribution >= 4 is 36.2 Å². The molecule has 1 unspecified atom stereocenters. The Kier molecular flexibility index (Phi) is 9.21. The zero-order chi connectivity index (χ0) is 13.8. The van der Waals surface area contributed by atoms with Crippen molar-refractivity contribution in [3.63, 3.8) is 0 Å². The van der Waals surface area contributed by atoms with Crippen LogP contribution in [-0.2, 0) is 13.0 Å². The molecule has 1 aromatic heterocycles. The third-order valence-corrected chi connectivity index (χ3v) is 5.36. The summed E-state index contributed by atoms with van der Waals surface area (Å²) in [6.07, 6.45) is 3.65. The maximum absolute atomic E-state index is 4.74. The van der Waals surface area contributed by atoms with Gasteiger partial charge in [0, 0.05) is 50.7 Å². The Hall–Kier alpha value is 0.0900. The third-order valence-electron chi connectivity index (χ3n) is 4.41. The molecular weight excluding hydrogens is 339 g/mol. The van der Waals surface area contributed by atoms with Crippen LogP contribution in [0.5, 0.6) is 0 Å². The van der Waals surface area contributed by atoms with Gasteiger partial charge in [0.05, 0.1) is 10.7 Å². The van der Waals surface area contributed by atoms with Gasteiger partial charge in [-0.25, -0.2) is 4.98 Å². The molecule has 2 aliphatic rings. The molecule has 128 valence electrons. The van der Waals surface area contributed by atoms with E-state index < -0.39 is 0 Å². The average molecular weight is 367 g/mol.